The van der Waals surface area contributed by atoms with Crippen molar-refractivity contribution < 1.29 is 9.53 Å². The number of nitrogens with two attached hydrogens (primary N) is 1. The smallest absolute Gasteiger partial charge is 0.323 e. The summed E-state index contributed by atoms with van der Waals surface area (Å²) in [4.78, 5) is 11.7. The van der Waals surface area contributed by atoms with Crippen molar-refractivity contribution in [2.24, 2.45) is 5.73 Å². The summed E-state index contributed by atoms with van der Waals surface area (Å²) < 4.78 is 4.99. The molecular weight excluding hydrogens is 250 g/mol. The highest BCUT2D eigenvalue weighted by Gasteiger charge is 2.26. The molecule has 0 saturated carbocycles. The van der Waals surface area contributed by atoms with E-state index in [9.17, 15) is 4.79 Å². The zero-order valence-electron chi connectivity index (χ0n) is 11.0. The molecule has 0 bridgehead atoms. The zero-order valence-corrected chi connectivity index (χ0v) is 11.8. The molecule has 2 unspecified atom stereocenters. The predicted octanol–water partition coefficient (Wildman–Crippen LogP) is 2.88. The van der Waals surface area contributed by atoms with Gasteiger partial charge in [-0.1, -0.05) is 43.7 Å². The van der Waals surface area contributed by atoms with E-state index in [0.29, 0.717) is 6.61 Å². The largest absolute Gasteiger partial charge is 0.465 e. The standard InChI is InChI=1S/C14H21NO2.ClH/c1-3-8-12(11-9-6-5-7-10-11)13(15)14(16)17-4-2;/h5-7,9-10,12-13H,3-4,8,15H2,1-2H3;1H. The second-order valence-electron chi connectivity index (χ2n) is 4.08. The minimum absolute atomic E-state index is 0. The second kappa shape index (κ2) is 8.95. The van der Waals surface area contributed by atoms with Crippen LogP contribution < -0.4 is 5.73 Å². The lowest BCUT2D eigenvalue weighted by atomic mass is 9.88. The fraction of sp³-hybridized carbons (Fsp3) is 0.500. The van der Waals surface area contributed by atoms with Crippen LogP contribution in [-0.4, -0.2) is 18.6 Å². The van der Waals surface area contributed by atoms with Crippen LogP contribution in [0.5, 0.6) is 0 Å². The maximum atomic E-state index is 11.7. The van der Waals surface area contributed by atoms with E-state index in [1.165, 1.54) is 0 Å². The minimum atomic E-state index is -0.572. The Morgan fingerprint density at radius 1 is 1.28 bits per heavy atom. The van der Waals surface area contributed by atoms with Gasteiger partial charge in [-0.25, -0.2) is 0 Å². The Bertz CT molecular complexity index is 343. The second-order valence-corrected chi connectivity index (χ2v) is 4.08. The van der Waals surface area contributed by atoms with Crippen LogP contribution in [0.4, 0.5) is 0 Å². The van der Waals surface area contributed by atoms with Crippen LogP contribution >= 0.6 is 12.4 Å². The van der Waals surface area contributed by atoms with Crippen LogP contribution in [0.1, 0.15) is 38.2 Å². The highest BCUT2D eigenvalue weighted by molar-refractivity contribution is 5.85. The number of halogens is 1. The molecule has 2 atom stereocenters. The van der Waals surface area contributed by atoms with E-state index in [4.69, 9.17) is 10.5 Å². The van der Waals surface area contributed by atoms with Gasteiger partial charge in [0.2, 0.25) is 0 Å². The third kappa shape index (κ3) is 4.67. The first-order valence-corrected chi connectivity index (χ1v) is 6.17. The first-order chi connectivity index (χ1) is 8.20. The summed E-state index contributed by atoms with van der Waals surface area (Å²) in [5, 5.41) is 0. The molecule has 3 nitrogen and oxygen atoms in total. The van der Waals surface area contributed by atoms with Crippen LogP contribution in [0.2, 0.25) is 0 Å². The predicted molar refractivity (Wildman–Crippen MR) is 75.9 cm³/mol. The molecule has 0 amide bonds. The molecule has 0 aliphatic carbocycles. The molecule has 0 radical (unpaired) electrons. The number of hydrogen-bond donors (Lipinski definition) is 1. The summed E-state index contributed by atoms with van der Waals surface area (Å²) in [7, 11) is 0. The van der Waals surface area contributed by atoms with Gasteiger partial charge < -0.3 is 10.5 Å². The van der Waals surface area contributed by atoms with Crippen molar-refractivity contribution in [3.05, 3.63) is 35.9 Å². The molecule has 18 heavy (non-hydrogen) atoms. The van der Waals surface area contributed by atoms with Crippen molar-refractivity contribution in [3.63, 3.8) is 0 Å². The highest BCUT2D eigenvalue weighted by Crippen LogP contribution is 2.24. The summed E-state index contributed by atoms with van der Waals surface area (Å²) in [5.74, 6) is -0.268. The Hall–Kier alpha value is -1.06. The van der Waals surface area contributed by atoms with Gasteiger partial charge in [-0.15, -0.1) is 12.4 Å². The number of rotatable bonds is 6. The number of esters is 1. The monoisotopic (exact) mass is 271 g/mol. The van der Waals surface area contributed by atoms with Gasteiger partial charge in [0.15, 0.2) is 0 Å². The Balaban J connectivity index is 0.00000289. The fourth-order valence-electron chi connectivity index (χ4n) is 1.97. The Morgan fingerprint density at radius 3 is 2.39 bits per heavy atom. The molecule has 0 aromatic heterocycles. The van der Waals surface area contributed by atoms with E-state index in [0.717, 1.165) is 18.4 Å². The average Bonchev–Trinajstić information content (AvgIpc) is 2.36. The van der Waals surface area contributed by atoms with E-state index >= 15 is 0 Å². The van der Waals surface area contributed by atoms with Crippen LogP contribution in [-0.2, 0) is 9.53 Å². The van der Waals surface area contributed by atoms with E-state index in [1.54, 1.807) is 6.92 Å². The molecular formula is C14H22ClNO2. The number of carbonyl (C=O) groups is 1. The van der Waals surface area contributed by atoms with Gasteiger partial charge >= 0.3 is 5.97 Å². The first-order valence-electron chi connectivity index (χ1n) is 6.17. The van der Waals surface area contributed by atoms with Crippen LogP contribution in [0.25, 0.3) is 0 Å². The zero-order chi connectivity index (χ0) is 12.7. The van der Waals surface area contributed by atoms with Crippen molar-refractivity contribution in [3.8, 4) is 0 Å². The van der Waals surface area contributed by atoms with Crippen molar-refractivity contribution in [2.45, 2.75) is 38.6 Å². The molecule has 2 N–H and O–H groups in total. The van der Waals surface area contributed by atoms with Crippen molar-refractivity contribution in [1.29, 1.82) is 0 Å². The molecule has 1 rings (SSSR count). The van der Waals surface area contributed by atoms with E-state index < -0.39 is 6.04 Å². The van der Waals surface area contributed by atoms with E-state index in [-0.39, 0.29) is 24.3 Å². The molecule has 0 fully saturated rings. The lowest BCUT2D eigenvalue weighted by molar-refractivity contribution is -0.145. The summed E-state index contributed by atoms with van der Waals surface area (Å²) >= 11 is 0. The lowest BCUT2D eigenvalue weighted by Crippen LogP contribution is -2.38. The lowest BCUT2D eigenvalue weighted by Gasteiger charge is -2.22. The van der Waals surface area contributed by atoms with Gasteiger partial charge in [-0.05, 0) is 18.9 Å². The number of carbonyl (C=O) groups excluding carboxylic acids is 1. The Morgan fingerprint density at radius 2 is 1.89 bits per heavy atom. The van der Waals surface area contributed by atoms with Gasteiger partial charge in [0.1, 0.15) is 6.04 Å². The van der Waals surface area contributed by atoms with Crippen LogP contribution in [0.15, 0.2) is 30.3 Å². The number of benzene rings is 1. The quantitative estimate of drug-likeness (QED) is 0.810. The maximum Gasteiger partial charge on any atom is 0.323 e. The fourth-order valence-corrected chi connectivity index (χ4v) is 1.97. The van der Waals surface area contributed by atoms with Gasteiger partial charge in [-0.2, -0.15) is 0 Å². The number of hydrogen-bond acceptors (Lipinski definition) is 3. The average molecular weight is 272 g/mol. The van der Waals surface area contributed by atoms with Crippen molar-refractivity contribution >= 4 is 18.4 Å². The third-order valence-electron chi connectivity index (χ3n) is 2.82. The summed E-state index contributed by atoms with van der Waals surface area (Å²) in [6.45, 7) is 4.26. The van der Waals surface area contributed by atoms with E-state index in [2.05, 4.69) is 6.92 Å². The van der Waals surface area contributed by atoms with Crippen molar-refractivity contribution in [1.82, 2.24) is 0 Å². The summed E-state index contributed by atoms with van der Waals surface area (Å²) in [5.41, 5.74) is 7.10. The molecule has 0 heterocycles. The van der Waals surface area contributed by atoms with Crippen LogP contribution in [0, 0.1) is 0 Å². The maximum absolute atomic E-state index is 11.7. The molecule has 0 aliphatic heterocycles. The van der Waals surface area contributed by atoms with Gasteiger partial charge in [0.25, 0.3) is 0 Å². The SMILES string of the molecule is CCCC(c1ccccc1)C(N)C(=O)OCC.Cl. The summed E-state index contributed by atoms with van der Waals surface area (Å²) in [6.07, 6.45) is 1.89. The number of ether oxygens (including phenoxy) is 1. The summed E-state index contributed by atoms with van der Waals surface area (Å²) in [6, 6.07) is 9.35. The van der Waals surface area contributed by atoms with Crippen molar-refractivity contribution in [2.75, 3.05) is 6.61 Å². The Kier molecular flexibility index (Phi) is 8.42. The van der Waals surface area contributed by atoms with Crippen LogP contribution in [0.3, 0.4) is 0 Å². The Labute approximate surface area is 115 Å². The first kappa shape index (κ1) is 16.9. The molecule has 4 heteroatoms. The molecule has 102 valence electrons. The molecule has 1 aromatic rings. The minimum Gasteiger partial charge on any atom is -0.465 e. The van der Waals surface area contributed by atoms with Gasteiger partial charge in [-0.3, -0.25) is 4.79 Å². The molecule has 1 aromatic carbocycles. The van der Waals surface area contributed by atoms with E-state index in [1.807, 2.05) is 30.3 Å². The third-order valence-corrected chi connectivity index (χ3v) is 2.82. The topological polar surface area (TPSA) is 52.3 Å². The molecule has 0 saturated heterocycles. The normalized spacial score (nSPS) is 13.3. The van der Waals surface area contributed by atoms with Gasteiger partial charge in [0, 0.05) is 5.92 Å². The highest BCUT2D eigenvalue weighted by atomic mass is 35.5. The van der Waals surface area contributed by atoms with Gasteiger partial charge in [0.05, 0.1) is 6.61 Å². The molecule has 0 aliphatic rings. The molecule has 0 spiro atoms.